The van der Waals surface area contributed by atoms with Crippen LogP contribution in [0.2, 0.25) is 0 Å². The summed E-state index contributed by atoms with van der Waals surface area (Å²) in [6.07, 6.45) is 6.33. The quantitative estimate of drug-likeness (QED) is 0.465. The smallest absolute Gasteiger partial charge is 0.407 e. The summed E-state index contributed by atoms with van der Waals surface area (Å²) < 4.78 is 5.44. The Bertz CT molecular complexity index is 653. The monoisotopic (exact) mass is 421 g/mol. The van der Waals surface area contributed by atoms with Gasteiger partial charge in [0.25, 0.3) is 0 Å². The molecule has 3 rings (SSSR count). The first-order valence-electron chi connectivity index (χ1n) is 11.3. The maximum absolute atomic E-state index is 12.8. The van der Waals surface area contributed by atoms with Gasteiger partial charge in [-0.2, -0.15) is 0 Å². The van der Waals surface area contributed by atoms with Crippen LogP contribution < -0.4 is 16.0 Å². The van der Waals surface area contributed by atoms with Crippen LogP contribution in [-0.2, 0) is 19.1 Å². The van der Waals surface area contributed by atoms with E-state index in [9.17, 15) is 19.2 Å². The molecule has 2 aliphatic carbocycles. The standard InChI is InChI=1S/C22H35N3O5/c1-13(2)7-19(21(28)24-18(11-26)10-16-5-6-23-20(16)27)25-22(29)30-12-17-9-14-3-4-15(17)8-14/h11,13-19H,3-10,12H2,1-2H3,(H,23,27)(H,24,28)(H,25,29)/t14?,15?,16?,17?,18?,19-/m0/s1. The molecule has 2 bridgehead atoms. The zero-order valence-electron chi connectivity index (χ0n) is 18.0. The zero-order chi connectivity index (χ0) is 21.7. The van der Waals surface area contributed by atoms with Gasteiger partial charge in [0.2, 0.25) is 11.8 Å². The molecule has 1 heterocycles. The van der Waals surface area contributed by atoms with Gasteiger partial charge in [-0.25, -0.2) is 4.79 Å². The Morgan fingerprint density at radius 1 is 1.20 bits per heavy atom. The van der Waals surface area contributed by atoms with E-state index < -0.39 is 24.1 Å². The Hall–Kier alpha value is -2.12. The van der Waals surface area contributed by atoms with Crippen molar-refractivity contribution in [3.8, 4) is 0 Å². The van der Waals surface area contributed by atoms with Gasteiger partial charge in [0.1, 0.15) is 12.3 Å². The highest BCUT2D eigenvalue weighted by Crippen LogP contribution is 2.48. The van der Waals surface area contributed by atoms with E-state index in [-0.39, 0.29) is 24.2 Å². The molecule has 8 nitrogen and oxygen atoms in total. The normalized spacial score (nSPS) is 29.4. The highest BCUT2D eigenvalue weighted by Gasteiger charge is 2.40. The summed E-state index contributed by atoms with van der Waals surface area (Å²) >= 11 is 0. The van der Waals surface area contributed by atoms with Gasteiger partial charge >= 0.3 is 6.09 Å². The number of carbonyl (C=O) groups excluding carboxylic acids is 4. The summed E-state index contributed by atoms with van der Waals surface area (Å²) in [7, 11) is 0. The molecule has 0 aromatic heterocycles. The first-order valence-corrected chi connectivity index (χ1v) is 11.3. The van der Waals surface area contributed by atoms with Crippen molar-refractivity contribution in [1.82, 2.24) is 16.0 Å². The number of carbonyl (C=O) groups is 4. The molecule has 1 aliphatic heterocycles. The fourth-order valence-electron chi connectivity index (χ4n) is 5.26. The molecule has 3 N–H and O–H groups in total. The predicted molar refractivity (Wildman–Crippen MR) is 110 cm³/mol. The van der Waals surface area contributed by atoms with Crippen molar-refractivity contribution in [3.05, 3.63) is 0 Å². The van der Waals surface area contributed by atoms with Crippen molar-refractivity contribution in [2.45, 2.75) is 70.9 Å². The molecule has 3 fully saturated rings. The molecule has 3 amide bonds. The number of rotatable bonds is 10. The van der Waals surface area contributed by atoms with Crippen LogP contribution in [0.3, 0.4) is 0 Å². The fraction of sp³-hybridized carbons (Fsp3) is 0.818. The lowest BCUT2D eigenvalue weighted by molar-refractivity contribution is -0.127. The lowest BCUT2D eigenvalue weighted by atomic mass is 9.90. The molecule has 6 atom stereocenters. The van der Waals surface area contributed by atoms with Crippen LogP contribution in [0.5, 0.6) is 0 Å². The minimum Gasteiger partial charge on any atom is -0.449 e. The van der Waals surface area contributed by atoms with Crippen LogP contribution in [0, 0.1) is 29.6 Å². The lowest BCUT2D eigenvalue weighted by Gasteiger charge is -2.24. The number of hydrogen-bond acceptors (Lipinski definition) is 5. The first-order chi connectivity index (χ1) is 14.4. The van der Waals surface area contributed by atoms with Crippen molar-refractivity contribution < 1.29 is 23.9 Å². The van der Waals surface area contributed by atoms with E-state index in [4.69, 9.17) is 4.74 Å². The molecule has 30 heavy (non-hydrogen) atoms. The summed E-state index contributed by atoms with van der Waals surface area (Å²) in [6.45, 7) is 4.91. The van der Waals surface area contributed by atoms with Gasteiger partial charge < -0.3 is 25.5 Å². The average Bonchev–Trinajstić information content (AvgIpc) is 3.42. The van der Waals surface area contributed by atoms with Crippen molar-refractivity contribution in [1.29, 1.82) is 0 Å². The largest absolute Gasteiger partial charge is 0.449 e. The zero-order valence-corrected chi connectivity index (χ0v) is 18.0. The summed E-state index contributed by atoms with van der Waals surface area (Å²) in [4.78, 5) is 48.3. The number of aldehydes is 1. The number of hydrogen-bond donors (Lipinski definition) is 3. The third kappa shape index (κ3) is 5.95. The van der Waals surface area contributed by atoms with Gasteiger partial charge in [-0.1, -0.05) is 20.3 Å². The average molecular weight is 422 g/mol. The number of amides is 3. The second-order valence-corrected chi connectivity index (χ2v) is 9.62. The second-order valence-electron chi connectivity index (χ2n) is 9.62. The molecule has 168 valence electrons. The summed E-state index contributed by atoms with van der Waals surface area (Å²) in [5.74, 6) is 1.27. The number of alkyl carbamates (subject to hydrolysis) is 1. The van der Waals surface area contributed by atoms with E-state index in [1.807, 2.05) is 13.8 Å². The lowest BCUT2D eigenvalue weighted by Crippen LogP contribution is -2.51. The topological polar surface area (TPSA) is 114 Å². The Kier molecular flexibility index (Phi) is 7.72. The van der Waals surface area contributed by atoms with Crippen LogP contribution in [0.25, 0.3) is 0 Å². The Morgan fingerprint density at radius 2 is 2.00 bits per heavy atom. The molecule has 3 aliphatic rings. The Morgan fingerprint density at radius 3 is 2.57 bits per heavy atom. The molecular formula is C22H35N3O5. The molecule has 0 aromatic rings. The van der Waals surface area contributed by atoms with Crippen molar-refractivity contribution in [3.63, 3.8) is 0 Å². The molecule has 5 unspecified atom stereocenters. The van der Waals surface area contributed by atoms with Crippen LogP contribution in [0.1, 0.15) is 58.8 Å². The van der Waals surface area contributed by atoms with Crippen LogP contribution in [-0.4, -0.2) is 49.4 Å². The Balaban J connectivity index is 1.48. The minimum atomic E-state index is -0.780. The van der Waals surface area contributed by atoms with E-state index in [0.29, 0.717) is 44.1 Å². The fourth-order valence-corrected chi connectivity index (χ4v) is 5.26. The molecule has 0 spiro atoms. The van der Waals surface area contributed by atoms with E-state index in [1.165, 1.54) is 19.3 Å². The summed E-state index contributed by atoms with van der Waals surface area (Å²) in [5.41, 5.74) is 0. The summed E-state index contributed by atoms with van der Waals surface area (Å²) in [5, 5.41) is 8.10. The second kappa shape index (κ2) is 10.3. The van der Waals surface area contributed by atoms with Gasteiger partial charge in [-0.05, 0) is 62.2 Å². The highest BCUT2D eigenvalue weighted by molar-refractivity contribution is 5.88. The van der Waals surface area contributed by atoms with E-state index in [1.54, 1.807) is 0 Å². The maximum Gasteiger partial charge on any atom is 0.407 e. The van der Waals surface area contributed by atoms with Crippen LogP contribution in [0.15, 0.2) is 0 Å². The third-order valence-corrected chi connectivity index (χ3v) is 6.82. The van der Waals surface area contributed by atoms with E-state index >= 15 is 0 Å². The summed E-state index contributed by atoms with van der Waals surface area (Å²) in [6, 6.07) is -1.54. The van der Waals surface area contributed by atoms with Gasteiger partial charge in [-0.3, -0.25) is 9.59 Å². The molecule has 1 saturated heterocycles. The van der Waals surface area contributed by atoms with Crippen molar-refractivity contribution >= 4 is 24.2 Å². The first kappa shape index (κ1) is 22.6. The molecule has 0 aromatic carbocycles. The maximum atomic E-state index is 12.8. The van der Waals surface area contributed by atoms with Crippen LogP contribution >= 0.6 is 0 Å². The molecule has 8 heteroatoms. The molecular weight excluding hydrogens is 386 g/mol. The number of ether oxygens (including phenoxy) is 1. The van der Waals surface area contributed by atoms with Crippen molar-refractivity contribution in [2.24, 2.45) is 29.6 Å². The highest BCUT2D eigenvalue weighted by atomic mass is 16.5. The van der Waals surface area contributed by atoms with Crippen molar-refractivity contribution in [2.75, 3.05) is 13.2 Å². The van der Waals surface area contributed by atoms with E-state index in [0.717, 1.165) is 12.3 Å². The van der Waals surface area contributed by atoms with Crippen LogP contribution in [0.4, 0.5) is 4.79 Å². The Labute approximate surface area is 178 Å². The van der Waals surface area contributed by atoms with Gasteiger partial charge in [0.15, 0.2) is 0 Å². The molecule has 2 saturated carbocycles. The SMILES string of the molecule is CC(C)C[C@H](NC(=O)OCC1CC2CCC1C2)C(=O)NC(C=O)CC1CCNC1=O. The number of nitrogens with one attached hydrogen (secondary N) is 3. The third-order valence-electron chi connectivity index (χ3n) is 6.82. The van der Waals surface area contributed by atoms with E-state index in [2.05, 4.69) is 16.0 Å². The van der Waals surface area contributed by atoms with Gasteiger partial charge in [0, 0.05) is 12.5 Å². The minimum absolute atomic E-state index is 0.0860. The van der Waals surface area contributed by atoms with Gasteiger partial charge in [-0.15, -0.1) is 0 Å². The molecule has 0 radical (unpaired) electrons. The van der Waals surface area contributed by atoms with Gasteiger partial charge in [0.05, 0.1) is 12.6 Å². The predicted octanol–water partition coefficient (Wildman–Crippen LogP) is 1.77. The number of fused-ring (bicyclic) bond motifs is 2.